The number of aliphatic hydroxyl groups excluding tert-OH is 1. The predicted molar refractivity (Wildman–Crippen MR) is 53.1 cm³/mol. The average Bonchev–Trinajstić information content (AvgIpc) is 2.27. The monoisotopic (exact) mass is 288 g/mol. The van der Waals surface area contributed by atoms with Crippen LogP contribution >= 0.6 is 0 Å². The van der Waals surface area contributed by atoms with Gasteiger partial charge in [-0.2, -0.15) is 26.3 Å². The van der Waals surface area contributed by atoms with Gasteiger partial charge in [-0.1, -0.05) is 30.3 Å². The van der Waals surface area contributed by atoms with Crippen molar-refractivity contribution in [3.8, 4) is 0 Å². The van der Waals surface area contributed by atoms with Crippen LogP contribution in [0.2, 0.25) is 0 Å². The molecular formula is C11H10F6O2. The molecule has 1 atom stereocenters. The maximum absolute atomic E-state index is 12.4. The quantitative estimate of drug-likeness (QED) is 0.839. The lowest BCUT2D eigenvalue weighted by Gasteiger charge is -2.33. The highest BCUT2D eigenvalue weighted by Crippen LogP contribution is 2.47. The Balaban J connectivity index is 3.04. The summed E-state index contributed by atoms with van der Waals surface area (Å²) in [6.07, 6.45) is -15.9. The summed E-state index contributed by atoms with van der Waals surface area (Å²) in [6.45, 7) is 0. The molecule has 0 amide bonds. The molecule has 1 aromatic carbocycles. The van der Waals surface area contributed by atoms with Crippen LogP contribution in [-0.2, 0) is 0 Å². The van der Waals surface area contributed by atoms with Gasteiger partial charge in [0.05, 0.1) is 6.10 Å². The lowest BCUT2D eigenvalue weighted by atomic mass is 9.91. The average molecular weight is 288 g/mol. The lowest BCUT2D eigenvalue weighted by molar-refractivity contribution is -0.374. The Bertz CT molecular complexity index is 397. The Kier molecular flexibility index (Phi) is 4.16. The first-order valence-electron chi connectivity index (χ1n) is 5.08. The Morgan fingerprint density at radius 1 is 0.895 bits per heavy atom. The highest BCUT2D eigenvalue weighted by Gasteiger charge is 2.70. The predicted octanol–water partition coefficient (Wildman–Crippen LogP) is 2.97. The molecule has 0 bridgehead atoms. The third kappa shape index (κ3) is 3.19. The van der Waals surface area contributed by atoms with Crippen molar-refractivity contribution < 1.29 is 36.6 Å². The molecule has 0 spiro atoms. The summed E-state index contributed by atoms with van der Waals surface area (Å²) >= 11 is 0. The van der Waals surface area contributed by atoms with E-state index in [9.17, 15) is 31.4 Å². The van der Waals surface area contributed by atoms with Crippen molar-refractivity contribution in [2.75, 3.05) is 0 Å². The molecule has 19 heavy (non-hydrogen) atoms. The van der Waals surface area contributed by atoms with Crippen molar-refractivity contribution in [1.29, 1.82) is 0 Å². The van der Waals surface area contributed by atoms with Gasteiger partial charge in [-0.05, 0) is 5.56 Å². The van der Waals surface area contributed by atoms with Gasteiger partial charge in [0.2, 0.25) is 0 Å². The summed E-state index contributed by atoms with van der Waals surface area (Å²) in [7, 11) is 0. The van der Waals surface area contributed by atoms with Crippen molar-refractivity contribution in [3.63, 3.8) is 0 Å². The second kappa shape index (κ2) is 5.01. The number of halogens is 6. The number of hydrogen-bond acceptors (Lipinski definition) is 2. The van der Waals surface area contributed by atoms with E-state index < -0.39 is 30.5 Å². The molecule has 0 saturated carbocycles. The fraction of sp³-hybridized carbons (Fsp3) is 0.455. The van der Waals surface area contributed by atoms with E-state index in [1.54, 1.807) is 0 Å². The van der Waals surface area contributed by atoms with E-state index in [0.717, 1.165) is 12.1 Å². The van der Waals surface area contributed by atoms with E-state index >= 15 is 0 Å². The van der Waals surface area contributed by atoms with Gasteiger partial charge in [-0.3, -0.25) is 0 Å². The Labute approximate surface area is 104 Å². The van der Waals surface area contributed by atoms with Crippen LogP contribution in [0.1, 0.15) is 18.1 Å². The van der Waals surface area contributed by atoms with Crippen LogP contribution in [0.15, 0.2) is 30.3 Å². The summed E-state index contributed by atoms with van der Waals surface area (Å²) < 4.78 is 74.4. The molecule has 0 saturated heterocycles. The normalized spacial score (nSPS) is 15.4. The SMILES string of the molecule is O[C@@H](CC(O)(C(F)(F)F)C(F)(F)F)c1ccccc1. The van der Waals surface area contributed by atoms with E-state index in [0.29, 0.717) is 0 Å². The van der Waals surface area contributed by atoms with Crippen LogP contribution in [0, 0.1) is 0 Å². The van der Waals surface area contributed by atoms with Gasteiger partial charge in [-0.15, -0.1) is 0 Å². The van der Waals surface area contributed by atoms with E-state index in [1.165, 1.54) is 18.2 Å². The summed E-state index contributed by atoms with van der Waals surface area (Å²) in [4.78, 5) is 0. The molecule has 108 valence electrons. The standard InChI is InChI=1S/C11H10F6O2/c12-10(13,14)9(19,11(15,16)17)6-8(18)7-4-2-1-3-5-7/h1-5,8,18-19H,6H2/t8-/m0/s1. The van der Waals surface area contributed by atoms with Gasteiger partial charge in [0.25, 0.3) is 5.60 Å². The summed E-state index contributed by atoms with van der Waals surface area (Å²) in [5, 5.41) is 18.3. The maximum Gasteiger partial charge on any atom is 0.426 e. The van der Waals surface area contributed by atoms with E-state index in [1.807, 2.05) is 0 Å². The molecular weight excluding hydrogens is 278 g/mol. The van der Waals surface area contributed by atoms with Crippen LogP contribution in [0.4, 0.5) is 26.3 Å². The van der Waals surface area contributed by atoms with Gasteiger partial charge >= 0.3 is 12.4 Å². The first-order valence-corrected chi connectivity index (χ1v) is 5.08. The van der Waals surface area contributed by atoms with Crippen LogP contribution < -0.4 is 0 Å². The molecule has 8 heteroatoms. The van der Waals surface area contributed by atoms with Crippen molar-refractivity contribution in [1.82, 2.24) is 0 Å². The van der Waals surface area contributed by atoms with E-state index in [4.69, 9.17) is 5.11 Å². The molecule has 0 aromatic heterocycles. The summed E-state index contributed by atoms with van der Waals surface area (Å²) in [5.41, 5.74) is -5.09. The molecule has 1 aromatic rings. The fourth-order valence-corrected chi connectivity index (χ4v) is 1.47. The molecule has 1 rings (SSSR count). The number of aliphatic hydroxyl groups is 2. The highest BCUT2D eigenvalue weighted by molar-refractivity contribution is 5.18. The maximum atomic E-state index is 12.4. The largest absolute Gasteiger partial charge is 0.426 e. The third-order valence-electron chi connectivity index (χ3n) is 2.61. The lowest BCUT2D eigenvalue weighted by Crippen LogP contribution is -2.57. The second-order valence-corrected chi connectivity index (χ2v) is 3.99. The van der Waals surface area contributed by atoms with Gasteiger partial charge in [0.15, 0.2) is 0 Å². The first-order chi connectivity index (χ1) is 8.49. The van der Waals surface area contributed by atoms with Gasteiger partial charge in [0.1, 0.15) is 0 Å². The van der Waals surface area contributed by atoms with Crippen molar-refractivity contribution in [3.05, 3.63) is 35.9 Å². The molecule has 0 aliphatic carbocycles. The highest BCUT2D eigenvalue weighted by atomic mass is 19.4. The number of benzene rings is 1. The molecule has 0 aliphatic heterocycles. The topological polar surface area (TPSA) is 40.5 Å². The van der Waals surface area contributed by atoms with Crippen LogP contribution in [0.25, 0.3) is 0 Å². The second-order valence-electron chi connectivity index (χ2n) is 3.99. The molecule has 2 N–H and O–H groups in total. The summed E-state index contributed by atoms with van der Waals surface area (Å²) in [6, 6.07) is 6.50. The molecule has 0 radical (unpaired) electrons. The number of hydrogen-bond donors (Lipinski definition) is 2. The Hall–Kier alpha value is -1.28. The summed E-state index contributed by atoms with van der Waals surface area (Å²) in [5.74, 6) is 0. The van der Waals surface area contributed by atoms with Gasteiger partial charge in [0, 0.05) is 6.42 Å². The molecule has 0 aliphatic rings. The minimum absolute atomic E-state index is 0.144. The Morgan fingerprint density at radius 2 is 1.32 bits per heavy atom. The smallest absolute Gasteiger partial charge is 0.388 e. The number of rotatable bonds is 3. The fourth-order valence-electron chi connectivity index (χ4n) is 1.47. The third-order valence-corrected chi connectivity index (χ3v) is 2.61. The van der Waals surface area contributed by atoms with Gasteiger partial charge < -0.3 is 10.2 Å². The van der Waals surface area contributed by atoms with Crippen LogP contribution in [0.3, 0.4) is 0 Å². The minimum Gasteiger partial charge on any atom is -0.388 e. The molecule has 0 unspecified atom stereocenters. The zero-order valence-corrected chi connectivity index (χ0v) is 9.33. The zero-order valence-electron chi connectivity index (χ0n) is 9.33. The van der Waals surface area contributed by atoms with Crippen LogP contribution in [0.5, 0.6) is 0 Å². The molecule has 0 fully saturated rings. The Morgan fingerprint density at radius 3 is 1.68 bits per heavy atom. The van der Waals surface area contributed by atoms with Crippen molar-refractivity contribution >= 4 is 0 Å². The van der Waals surface area contributed by atoms with Crippen molar-refractivity contribution in [2.24, 2.45) is 0 Å². The van der Waals surface area contributed by atoms with Gasteiger partial charge in [-0.25, -0.2) is 0 Å². The molecule has 2 nitrogen and oxygen atoms in total. The zero-order chi connectivity index (χ0) is 14.9. The van der Waals surface area contributed by atoms with E-state index in [-0.39, 0.29) is 5.56 Å². The van der Waals surface area contributed by atoms with Crippen molar-refractivity contribution in [2.45, 2.75) is 30.5 Å². The van der Waals surface area contributed by atoms with E-state index in [2.05, 4.69) is 0 Å². The molecule has 0 heterocycles. The number of alkyl halides is 6. The van der Waals surface area contributed by atoms with Crippen LogP contribution in [-0.4, -0.2) is 28.2 Å². The minimum atomic E-state index is -5.93. The first kappa shape index (κ1) is 15.8.